The van der Waals surface area contributed by atoms with Crippen LogP contribution < -0.4 is 5.32 Å². The van der Waals surface area contributed by atoms with Gasteiger partial charge in [-0.15, -0.1) is 0 Å². The number of rotatable bonds is 5. The molecule has 0 radical (unpaired) electrons. The number of imidazole rings is 1. The Labute approximate surface area is 126 Å². The zero-order valence-electron chi connectivity index (χ0n) is 11.8. The van der Waals surface area contributed by atoms with Crippen molar-refractivity contribution in [1.29, 1.82) is 0 Å². The fourth-order valence-electron chi connectivity index (χ4n) is 2.18. The van der Waals surface area contributed by atoms with Crippen LogP contribution in [0, 0.1) is 6.92 Å². The summed E-state index contributed by atoms with van der Waals surface area (Å²) < 4.78 is 1.57. The summed E-state index contributed by atoms with van der Waals surface area (Å²) in [7, 11) is 0. The van der Waals surface area contributed by atoms with Gasteiger partial charge in [0.15, 0.2) is 0 Å². The number of nitrogens with one attached hydrogen (secondary N) is 1. The van der Waals surface area contributed by atoms with Gasteiger partial charge in [-0.05, 0) is 25.5 Å². The van der Waals surface area contributed by atoms with Crippen LogP contribution in [0.2, 0.25) is 5.02 Å². The first-order chi connectivity index (χ1) is 9.93. The van der Waals surface area contributed by atoms with Gasteiger partial charge in [-0.1, -0.05) is 24.9 Å². The zero-order chi connectivity index (χ0) is 15.6. The number of carboxylic acid groups (broad SMARTS) is 1. The van der Waals surface area contributed by atoms with Crippen LogP contribution in [-0.2, 0) is 4.79 Å². The fourth-order valence-corrected chi connectivity index (χ4v) is 2.34. The van der Waals surface area contributed by atoms with Crippen LogP contribution in [0.25, 0.3) is 5.65 Å². The van der Waals surface area contributed by atoms with Crippen molar-refractivity contribution >= 4 is 29.1 Å². The molecule has 0 bridgehead atoms. The molecule has 0 saturated heterocycles. The number of nitrogens with zero attached hydrogens (tertiary/aromatic N) is 2. The maximum Gasteiger partial charge on any atom is 0.326 e. The molecule has 0 aromatic carbocycles. The molecule has 1 unspecified atom stereocenters. The molecule has 2 aromatic heterocycles. The van der Waals surface area contributed by atoms with E-state index in [0.717, 1.165) is 0 Å². The zero-order valence-corrected chi connectivity index (χ0v) is 12.5. The van der Waals surface area contributed by atoms with Gasteiger partial charge in [0.1, 0.15) is 17.4 Å². The molecule has 2 heterocycles. The second-order valence-electron chi connectivity index (χ2n) is 4.77. The first-order valence-electron chi connectivity index (χ1n) is 6.62. The van der Waals surface area contributed by atoms with Gasteiger partial charge in [0.2, 0.25) is 0 Å². The number of pyridine rings is 1. The lowest BCUT2D eigenvalue weighted by atomic mass is 10.1. The lowest BCUT2D eigenvalue weighted by Crippen LogP contribution is -2.41. The van der Waals surface area contributed by atoms with E-state index < -0.39 is 17.9 Å². The first-order valence-corrected chi connectivity index (χ1v) is 6.99. The van der Waals surface area contributed by atoms with Crippen LogP contribution in [0.5, 0.6) is 0 Å². The number of aryl methyl sites for hydroxylation is 1. The minimum atomic E-state index is -1.05. The minimum Gasteiger partial charge on any atom is -0.480 e. The summed E-state index contributed by atoms with van der Waals surface area (Å²) in [6.45, 7) is 3.56. The fraction of sp³-hybridized carbons (Fsp3) is 0.357. The topological polar surface area (TPSA) is 83.7 Å². The lowest BCUT2D eigenvalue weighted by Gasteiger charge is -2.13. The number of aliphatic carboxylic acids is 1. The summed E-state index contributed by atoms with van der Waals surface area (Å²) in [4.78, 5) is 27.8. The van der Waals surface area contributed by atoms with E-state index in [-0.39, 0.29) is 0 Å². The Kier molecular flexibility index (Phi) is 4.47. The summed E-state index contributed by atoms with van der Waals surface area (Å²) in [5.41, 5.74) is 1.41. The number of hydrogen-bond acceptors (Lipinski definition) is 3. The molecular formula is C14H16ClN3O3. The molecule has 0 fully saturated rings. The van der Waals surface area contributed by atoms with E-state index in [2.05, 4.69) is 10.3 Å². The molecule has 0 aliphatic carbocycles. The highest BCUT2D eigenvalue weighted by Gasteiger charge is 2.23. The molecule has 2 N–H and O–H groups in total. The SMILES string of the molecule is CCCC(NC(=O)c1c(C)nc2ccc(Cl)cn12)C(=O)O. The van der Waals surface area contributed by atoms with Gasteiger partial charge >= 0.3 is 5.97 Å². The van der Waals surface area contributed by atoms with Crippen molar-refractivity contribution in [3.63, 3.8) is 0 Å². The number of carbonyl (C=O) groups is 2. The standard InChI is InChI=1S/C14H16ClN3O3/c1-3-4-10(14(20)21)17-13(19)12-8(2)16-11-6-5-9(15)7-18(11)12/h5-7,10H,3-4H2,1-2H3,(H,17,19)(H,20,21). The highest BCUT2D eigenvalue weighted by atomic mass is 35.5. The monoisotopic (exact) mass is 309 g/mol. The Morgan fingerprint density at radius 2 is 2.19 bits per heavy atom. The van der Waals surface area contributed by atoms with Gasteiger partial charge in [0, 0.05) is 6.20 Å². The van der Waals surface area contributed by atoms with E-state index >= 15 is 0 Å². The number of carbonyl (C=O) groups excluding carboxylic acids is 1. The van der Waals surface area contributed by atoms with Crippen molar-refractivity contribution in [1.82, 2.24) is 14.7 Å². The predicted molar refractivity (Wildman–Crippen MR) is 78.7 cm³/mol. The summed E-state index contributed by atoms with van der Waals surface area (Å²) in [6, 6.07) is 2.47. The average molecular weight is 310 g/mol. The average Bonchev–Trinajstić information content (AvgIpc) is 2.73. The van der Waals surface area contributed by atoms with E-state index in [4.69, 9.17) is 16.7 Å². The molecule has 6 nitrogen and oxygen atoms in total. The van der Waals surface area contributed by atoms with Crippen molar-refractivity contribution in [3.8, 4) is 0 Å². The third-order valence-electron chi connectivity index (χ3n) is 3.15. The molecule has 1 atom stereocenters. The molecule has 0 saturated carbocycles. The summed E-state index contributed by atoms with van der Waals surface area (Å²) in [5, 5.41) is 12.1. The van der Waals surface area contributed by atoms with E-state index in [0.29, 0.717) is 34.9 Å². The Morgan fingerprint density at radius 3 is 2.81 bits per heavy atom. The van der Waals surface area contributed by atoms with Crippen LogP contribution in [0.1, 0.15) is 35.9 Å². The summed E-state index contributed by atoms with van der Waals surface area (Å²) in [5.74, 6) is -1.52. The highest BCUT2D eigenvalue weighted by molar-refractivity contribution is 6.30. The lowest BCUT2D eigenvalue weighted by molar-refractivity contribution is -0.139. The number of fused-ring (bicyclic) bond motifs is 1. The number of amides is 1. The van der Waals surface area contributed by atoms with Gasteiger partial charge in [0.25, 0.3) is 5.91 Å². The van der Waals surface area contributed by atoms with Crippen LogP contribution in [0.15, 0.2) is 18.3 Å². The molecular weight excluding hydrogens is 294 g/mol. The molecule has 2 rings (SSSR count). The first kappa shape index (κ1) is 15.3. The molecule has 1 amide bonds. The van der Waals surface area contributed by atoms with Crippen LogP contribution in [0.4, 0.5) is 0 Å². The quantitative estimate of drug-likeness (QED) is 0.887. The number of hydrogen-bond donors (Lipinski definition) is 2. The predicted octanol–water partition coefficient (Wildman–Crippen LogP) is 2.28. The third kappa shape index (κ3) is 3.16. The smallest absolute Gasteiger partial charge is 0.326 e. The van der Waals surface area contributed by atoms with Crippen LogP contribution in [-0.4, -0.2) is 32.4 Å². The number of carboxylic acids is 1. The van der Waals surface area contributed by atoms with E-state index in [1.165, 1.54) is 0 Å². The third-order valence-corrected chi connectivity index (χ3v) is 3.38. The number of aromatic nitrogens is 2. The Hall–Kier alpha value is -2.08. The van der Waals surface area contributed by atoms with Crippen LogP contribution in [0.3, 0.4) is 0 Å². The van der Waals surface area contributed by atoms with Crippen molar-refractivity contribution in [3.05, 3.63) is 34.7 Å². The van der Waals surface area contributed by atoms with Gasteiger partial charge in [0.05, 0.1) is 10.7 Å². The Balaban J connectivity index is 2.36. The van der Waals surface area contributed by atoms with Gasteiger partial charge in [-0.25, -0.2) is 9.78 Å². The maximum absolute atomic E-state index is 12.4. The molecule has 0 aliphatic heterocycles. The van der Waals surface area contributed by atoms with Crippen molar-refractivity contribution < 1.29 is 14.7 Å². The van der Waals surface area contributed by atoms with E-state index in [1.54, 1.807) is 29.7 Å². The van der Waals surface area contributed by atoms with Gasteiger partial charge < -0.3 is 10.4 Å². The largest absolute Gasteiger partial charge is 0.480 e. The second-order valence-corrected chi connectivity index (χ2v) is 5.21. The highest BCUT2D eigenvalue weighted by Crippen LogP contribution is 2.16. The van der Waals surface area contributed by atoms with E-state index in [1.807, 2.05) is 6.92 Å². The maximum atomic E-state index is 12.4. The molecule has 2 aromatic rings. The molecule has 21 heavy (non-hydrogen) atoms. The van der Waals surface area contributed by atoms with Gasteiger partial charge in [-0.3, -0.25) is 9.20 Å². The second kappa shape index (κ2) is 6.13. The summed E-state index contributed by atoms with van der Waals surface area (Å²) >= 11 is 5.94. The van der Waals surface area contributed by atoms with Crippen LogP contribution >= 0.6 is 11.6 Å². The normalized spacial score (nSPS) is 12.3. The minimum absolute atomic E-state index is 0.301. The molecule has 0 spiro atoms. The molecule has 0 aliphatic rings. The van der Waals surface area contributed by atoms with Crippen molar-refractivity contribution in [2.24, 2.45) is 0 Å². The Bertz CT molecular complexity index is 696. The number of halogens is 1. The van der Waals surface area contributed by atoms with Crippen molar-refractivity contribution in [2.45, 2.75) is 32.7 Å². The Morgan fingerprint density at radius 1 is 1.48 bits per heavy atom. The molecule has 7 heteroatoms. The van der Waals surface area contributed by atoms with E-state index in [9.17, 15) is 9.59 Å². The molecule has 112 valence electrons. The van der Waals surface area contributed by atoms with Gasteiger partial charge in [-0.2, -0.15) is 0 Å². The summed E-state index contributed by atoms with van der Waals surface area (Å²) in [6.07, 6.45) is 2.62. The van der Waals surface area contributed by atoms with Crippen molar-refractivity contribution in [2.75, 3.05) is 0 Å².